The Labute approximate surface area is 372 Å². The Morgan fingerprint density at radius 3 is 2.02 bits per heavy atom. The van der Waals surface area contributed by atoms with Gasteiger partial charge in [-0.15, -0.1) is 11.3 Å². The van der Waals surface area contributed by atoms with E-state index in [0.29, 0.717) is 28.9 Å². The van der Waals surface area contributed by atoms with Crippen molar-refractivity contribution in [3.63, 3.8) is 0 Å². The highest BCUT2D eigenvalue weighted by Crippen LogP contribution is 2.41. The third-order valence-electron chi connectivity index (χ3n) is 12.1. The van der Waals surface area contributed by atoms with Gasteiger partial charge in [-0.25, -0.2) is 9.98 Å². The molecule has 4 aromatic heterocycles. The van der Waals surface area contributed by atoms with Gasteiger partial charge in [0, 0.05) is 42.9 Å². The topological polar surface area (TPSA) is 69.1 Å². The monoisotopic (exact) mass is 839 g/mol. The summed E-state index contributed by atoms with van der Waals surface area (Å²) in [5.74, 6) is 1.59. The molecule has 8 aromatic carbocycles. The third-order valence-corrected chi connectivity index (χ3v) is 13.3. The number of rotatable bonds is 8. The van der Waals surface area contributed by atoms with Crippen LogP contribution in [-0.4, -0.2) is 25.2 Å². The molecule has 0 saturated carbocycles. The second kappa shape index (κ2) is 15.3. The van der Waals surface area contributed by atoms with Crippen molar-refractivity contribution >= 4 is 76.6 Å². The first-order chi connectivity index (χ1) is 31.6. The highest BCUT2D eigenvalue weighted by Gasteiger charge is 2.23. The van der Waals surface area contributed by atoms with Gasteiger partial charge in [0.2, 0.25) is 5.95 Å². The first kappa shape index (κ1) is 37.5. The molecule has 4 heterocycles. The number of benzene rings is 8. The number of hydrogen-bond donors (Lipinski definition) is 0. The molecule has 0 radical (unpaired) electrons. The number of aromatic nitrogens is 4. The number of hydrogen-bond acceptors (Lipinski definition) is 6. The Balaban J connectivity index is 1.04. The lowest BCUT2D eigenvalue weighted by atomic mass is 10.0. The summed E-state index contributed by atoms with van der Waals surface area (Å²) in [6.07, 6.45) is 0. The second-order valence-electron chi connectivity index (χ2n) is 15.9. The van der Waals surface area contributed by atoms with Crippen molar-refractivity contribution in [1.82, 2.24) is 19.5 Å². The molecule has 0 atom stereocenters. The predicted molar refractivity (Wildman–Crippen MR) is 265 cm³/mol. The Morgan fingerprint density at radius 2 is 1.22 bits per heavy atom. The summed E-state index contributed by atoms with van der Waals surface area (Å²) in [7, 11) is 0. The van der Waals surface area contributed by atoms with Crippen molar-refractivity contribution in [1.29, 1.82) is 0 Å². The van der Waals surface area contributed by atoms with Crippen LogP contribution in [0.1, 0.15) is 21.6 Å². The summed E-state index contributed by atoms with van der Waals surface area (Å²) in [4.78, 5) is 22.2. The van der Waals surface area contributed by atoms with Crippen LogP contribution in [0.25, 0.3) is 99.4 Å². The van der Waals surface area contributed by atoms with Crippen molar-refractivity contribution in [2.45, 2.75) is 6.92 Å². The molecule has 0 spiro atoms. The molecule has 12 rings (SSSR count). The van der Waals surface area contributed by atoms with E-state index in [1.807, 2.05) is 66.7 Å². The highest BCUT2D eigenvalue weighted by atomic mass is 32.1. The molecule has 0 aliphatic rings. The fraction of sp³-hybridized carbons (Fsp3) is 0.0175. The Kier molecular flexibility index (Phi) is 8.95. The summed E-state index contributed by atoms with van der Waals surface area (Å²) in [6.45, 7) is 6.79. The number of thiophene rings is 1. The summed E-state index contributed by atoms with van der Waals surface area (Å²) in [5, 5.41) is 5.33. The average molecular weight is 840 g/mol. The fourth-order valence-corrected chi connectivity index (χ4v) is 10.2. The maximum atomic E-state index is 6.84. The molecule has 0 aliphatic carbocycles. The summed E-state index contributed by atoms with van der Waals surface area (Å²) >= 11 is 1.76. The van der Waals surface area contributed by atoms with Gasteiger partial charge < -0.3 is 4.42 Å². The maximum absolute atomic E-state index is 6.84. The third kappa shape index (κ3) is 6.24. The zero-order valence-corrected chi connectivity index (χ0v) is 35.6. The molecule has 6 nitrogen and oxygen atoms in total. The quantitative estimate of drug-likeness (QED) is 0.143. The zero-order valence-electron chi connectivity index (χ0n) is 34.7. The van der Waals surface area contributed by atoms with Crippen molar-refractivity contribution in [2.24, 2.45) is 4.99 Å². The van der Waals surface area contributed by atoms with Gasteiger partial charge in [0.15, 0.2) is 11.6 Å². The van der Waals surface area contributed by atoms with Crippen LogP contribution in [-0.2, 0) is 0 Å². The van der Waals surface area contributed by atoms with E-state index in [-0.39, 0.29) is 0 Å². The zero-order chi connectivity index (χ0) is 42.7. The number of fused-ring (bicyclic) bond motifs is 7. The van der Waals surface area contributed by atoms with Crippen molar-refractivity contribution in [3.05, 3.63) is 222 Å². The van der Waals surface area contributed by atoms with Gasteiger partial charge in [-0.05, 0) is 65.4 Å². The van der Waals surface area contributed by atoms with Gasteiger partial charge in [-0.2, -0.15) is 9.97 Å². The van der Waals surface area contributed by atoms with E-state index in [2.05, 4.69) is 145 Å². The largest absolute Gasteiger partial charge is 0.455 e. The minimum Gasteiger partial charge on any atom is -0.455 e. The molecule has 302 valence electrons. The highest BCUT2D eigenvalue weighted by molar-refractivity contribution is 7.21. The van der Waals surface area contributed by atoms with Crippen LogP contribution in [0.15, 0.2) is 210 Å². The molecule has 0 aliphatic heterocycles. The van der Waals surface area contributed by atoms with Crippen LogP contribution in [0.3, 0.4) is 0 Å². The van der Waals surface area contributed by atoms with Crippen LogP contribution < -0.4 is 0 Å². The Bertz CT molecular complexity index is 3810. The molecule has 12 aromatic rings. The maximum Gasteiger partial charge on any atom is 0.238 e. The molecular formula is C57H37N5OS. The first-order valence-electron chi connectivity index (χ1n) is 21.2. The first-order valence-corrected chi connectivity index (χ1v) is 22.1. The van der Waals surface area contributed by atoms with Crippen LogP contribution in [0.5, 0.6) is 0 Å². The molecule has 0 saturated heterocycles. The minimum atomic E-state index is 0.505. The van der Waals surface area contributed by atoms with E-state index in [9.17, 15) is 0 Å². The fourth-order valence-electron chi connectivity index (χ4n) is 9.00. The number of aryl methyl sites for hydroxylation is 1. The average Bonchev–Trinajstić information content (AvgIpc) is 4.02. The van der Waals surface area contributed by atoms with Gasteiger partial charge >= 0.3 is 0 Å². The predicted octanol–water partition coefficient (Wildman–Crippen LogP) is 14.9. The van der Waals surface area contributed by atoms with Crippen LogP contribution in [0, 0.1) is 6.92 Å². The molecule has 0 unspecified atom stereocenters. The second-order valence-corrected chi connectivity index (χ2v) is 16.9. The number of furan rings is 1. The molecule has 64 heavy (non-hydrogen) atoms. The SMILES string of the molecule is C=C(N=C(c1ccccc1)c1sc2ccccc2c1C)c1cccc2oc3c(-c4nc(-c5ccccc5)nc(-n5c6ccccc6c6cc(-c7ccccc7)ccc65)n4)cccc3c12. The number of para-hydroxylation sites is 2. The van der Waals surface area contributed by atoms with E-state index < -0.39 is 0 Å². The van der Waals surface area contributed by atoms with Crippen LogP contribution >= 0.6 is 11.3 Å². The normalized spacial score (nSPS) is 12.0. The van der Waals surface area contributed by atoms with Crippen molar-refractivity contribution in [2.75, 3.05) is 0 Å². The van der Waals surface area contributed by atoms with E-state index in [1.54, 1.807) is 11.3 Å². The van der Waals surface area contributed by atoms with E-state index in [0.717, 1.165) is 82.1 Å². The van der Waals surface area contributed by atoms with Crippen LogP contribution in [0.2, 0.25) is 0 Å². The summed E-state index contributed by atoms with van der Waals surface area (Å²) in [5.41, 5.74) is 12.0. The Hall–Kier alpha value is -8.26. The van der Waals surface area contributed by atoms with Gasteiger partial charge in [0.05, 0.1) is 32.9 Å². The number of nitrogens with zero attached hydrogens (tertiary/aromatic N) is 5. The summed E-state index contributed by atoms with van der Waals surface area (Å²) < 4.78 is 10.2. The van der Waals surface area contributed by atoms with Crippen molar-refractivity contribution < 1.29 is 4.42 Å². The van der Waals surface area contributed by atoms with Crippen molar-refractivity contribution in [3.8, 4) is 39.9 Å². The Morgan fingerprint density at radius 1 is 0.562 bits per heavy atom. The molecule has 0 fully saturated rings. The lowest BCUT2D eigenvalue weighted by Gasteiger charge is -2.11. The smallest absolute Gasteiger partial charge is 0.238 e. The van der Waals surface area contributed by atoms with E-state index in [4.69, 9.17) is 24.4 Å². The standard InChI is InChI=1S/C57H37N5OS/c1-35-41-24-13-15-31-50(41)64-54(35)52(38-20-8-4-9-21-38)58-36(2)42-26-17-30-49-51(42)44-27-16-28-45(53(44)63-49)56-59-55(39-22-10-5-11-23-39)60-57(61-56)62-47-29-14-12-25-43(47)46-34-40(32-33-48(46)62)37-18-6-3-7-19-37/h3-34H,2H2,1H3. The number of aliphatic imine (C=N–C) groups is 1. The molecule has 7 heteroatoms. The van der Waals surface area contributed by atoms with E-state index >= 15 is 0 Å². The van der Waals surface area contributed by atoms with E-state index in [1.165, 1.54) is 15.6 Å². The molecule has 0 amide bonds. The van der Waals surface area contributed by atoms with Gasteiger partial charge in [0.1, 0.15) is 11.2 Å². The van der Waals surface area contributed by atoms with Crippen LogP contribution in [0.4, 0.5) is 0 Å². The summed E-state index contributed by atoms with van der Waals surface area (Å²) in [6, 6.07) is 66.8. The molecular weight excluding hydrogens is 803 g/mol. The van der Waals surface area contributed by atoms with Gasteiger partial charge in [0.25, 0.3) is 0 Å². The minimum absolute atomic E-state index is 0.505. The van der Waals surface area contributed by atoms with Gasteiger partial charge in [-0.1, -0.05) is 164 Å². The lowest BCUT2D eigenvalue weighted by molar-refractivity contribution is 0.669. The lowest BCUT2D eigenvalue weighted by Crippen LogP contribution is -2.06. The van der Waals surface area contributed by atoms with Gasteiger partial charge in [-0.3, -0.25) is 4.57 Å². The molecule has 0 bridgehead atoms. The molecule has 0 N–H and O–H groups in total.